The zero-order valence-corrected chi connectivity index (χ0v) is 20.9. The van der Waals surface area contributed by atoms with Gasteiger partial charge < -0.3 is 10.2 Å². The Balaban J connectivity index is 1.82. The highest BCUT2D eigenvalue weighted by atomic mass is 35.5. The van der Waals surface area contributed by atoms with E-state index in [2.05, 4.69) is 11.4 Å². The van der Waals surface area contributed by atoms with Crippen LogP contribution in [-0.4, -0.2) is 20.5 Å². The Morgan fingerprint density at radius 2 is 1.89 bits per heavy atom. The lowest BCUT2D eigenvalue weighted by Gasteiger charge is -2.32. The third-order valence-corrected chi connectivity index (χ3v) is 6.26. The van der Waals surface area contributed by atoms with Crippen LogP contribution in [0.4, 0.5) is 10.5 Å². The highest BCUT2D eigenvalue weighted by Crippen LogP contribution is 2.27. The van der Waals surface area contributed by atoms with Crippen LogP contribution in [0.2, 0.25) is 5.02 Å². The fourth-order valence-electron chi connectivity index (χ4n) is 4.28. The lowest BCUT2D eigenvalue weighted by atomic mass is 10.1. The van der Waals surface area contributed by atoms with Gasteiger partial charge in [0.25, 0.3) is 5.56 Å². The Bertz CT molecular complexity index is 1490. The second-order valence-corrected chi connectivity index (χ2v) is 8.78. The Hall–Kier alpha value is -4.15. The van der Waals surface area contributed by atoms with Crippen LogP contribution in [0.3, 0.4) is 0 Å². The number of carbonyl (C=O) groups excluding carboxylic acids is 1. The van der Waals surface area contributed by atoms with E-state index in [0.29, 0.717) is 52.5 Å². The second-order valence-electron chi connectivity index (χ2n) is 8.34. The molecule has 4 rings (SSSR count). The summed E-state index contributed by atoms with van der Waals surface area (Å²) in [4.78, 5) is 33.6. The first-order valence-corrected chi connectivity index (χ1v) is 12.1. The number of nitrogens with one attached hydrogen (secondary N) is 1. The summed E-state index contributed by atoms with van der Waals surface area (Å²) in [6, 6.07) is 22.7. The average Bonchev–Trinajstić information content (AvgIpc) is 2.89. The molecule has 1 unspecified atom stereocenters. The molecular formula is C28H26ClN5O2. The standard InChI is InChI=1S/C28H26ClN5O2/c1-3-25(26-32-24-16-21(29)13-14-23(24)27(35)33(26)4-2)34(18-19-9-6-5-7-10-19)28(36)31-22-12-8-11-20(15-22)17-30/h5-16,25H,3-4,18H2,1-2H3,(H,31,36). The van der Waals surface area contributed by atoms with Crippen LogP contribution >= 0.6 is 11.6 Å². The Morgan fingerprint density at radius 3 is 2.58 bits per heavy atom. The largest absolute Gasteiger partial charge is 0.322 e. The van der Waals surface area contributed by atoms with Gasteiger partial charge in [0.05, 0.1) is 28.6 Å². The van der Waals surface area contributed by atoms with Crippen LogP contribution in [-0.2, 0) is 13.1 Å². The van der Waals surface area contributed by atoms with Gasteiger partial charge >= 0.3 is 6.03 Å². The van der Waals surface area contributed by atoms with Crippen LogP contribution < -0.4 is 10.9 Å². The van der Waals surface area contributed by atoms with Gasteiger partial charge in [0, 0.05) is 23.8 Å². The Labute approximate surface area is 214 Å². The van der Waals surface area contributed by atoms with Crippen molar-refractivity contribution >= 4 is 34.2 Å². The second kappa shape index (κ2) is 11.1. The molecule has 36 heavy (non-hydrogen) atoms. The summed E-state index contributed by atoms with van der Waals surface area (Å²) in [5, 5.41) is 13.1. The number of anilines is 1. The van der Waals surface area contributed by atoms with Gasteiger partial charge in [-0.2, -0.15) is 5.26 Å². The smallest absolute Gasteiger partial charge is 0.310 e. The van der Waals surface area contributed by atoms with E-state index in [1.807, 2.05) is 44.2 Å². The van der Waals surface area contributed by atoms with Crippen LogP contribution in [0.5, 0.6) is 0 Å². The lowest BCUT2D eigenvalue weighted by molar-refractivity contribution is 0.175. The molecule has 0 aliphatic carbocycles. The number of aromatic nitrogens is 2. The first-order valence-electron chi connectivity index (χ1n) is 11.8. The van der Waals surface area contributed by atoms with Crippen LogP contribution in [0.25, 0.3) is 10.9 Å². The molecule has 0 spiro atoms. The molecule has 8 heteroatoms. The summed E-state index contributed by atoms with van der Waals surface area (Å²) >= 11 is 6.20. The summed E-state index contributed by atoms with van der Waals surface area (Å²) < 4.78 is 1.62. The summed E-state index contributed by atoms with van der Waals surface area (Å²) in [6.45, 7) is 4.55. The number of nitriles is 1. The van der Waals surface area contributed by atoms with Gasteiger partial charge in [0.15, 0.2) is 0 Å². The number of hydrogen-bond acceptors (Lipinski definition) is 4. The van der Waals surface area contributed by atoms with Crippen molar-refractivity contribution in [1.82, 2.24) is 14.5 Å². The van der Waals surface area contributed by atoms with Gasteiger partial charge in [-0.05, 0) is 55.3 Å². The van der Waals surface area contributed by atoms with Gasteiger partial charge in [-0.3, -0.25) is 9.36 Å². The van der Waals surface area contributed by atoms with Gasteiger partial charge in [-0.1, -0.05) is 54.9 Å². The van der Waals surface area contributed by atoms with E-state index in [9.17, 15) is 14.9 Å². The summed E-state index contributed by atoms with van der Waals surface area (Å²) in [7, 11) is 0. The maximum atomic E-state index is 13.7. The molecule has 0 saturated carbocycles. The molecule has 0 aliphatic rings. The molecule has 7 nitrogen and oxygen atoms in total. The van der Waals surface area contributed by atoms with E-state index in [4.69, 9.17) is 16.6 Å². The highest BCUT2D eigenvalue weighted by molar-refractivity contribution is 6.31. The minimum Gasteiger partial charge on any atom is -0.310 e. The van der Waals surface area contributed by atoms with Gasteiger partial charge in [0.2, 0.25) is 0 Å². The van der Waals surface area contributed by atoms with E-state index < -0.39 is 6.04 Å². The van der Waals surface area contributed by atoms with Crippen LogP contribution in [0.15, 0.2) is 77.6 Å². The fourth-order valence-corrected chi connectivity index (χ4v) is 4.45. The SMILES string of the molecule is CCC(c1nc2cc(Cl)ccc2c(=O)n1CC)N(Cc1ccccc1)C(=O)Nc1cccc(C#N)c1. The van der Waals surface area contributed by atoms with Crippen molar-refractivity contribution in [3.8, 4) is 6.07 Å². The zero-order chi connectivity index (χ0) is 25.7. The molecule has 1 heterocycles. The number of carbonyl (C=O) groups is 1. The van der Waals surface area contributed by atoms with Crippen molar-refractivity contribution in [3.63, 3.8) is 0 Å². The molecule has 0 bridgehead atoms. The third-order valence-electron chi connectivity index (χ3n) is 6.02. The first kappa shape index (κ1) is 25.0. The predicted octanol–water partition coefficient (Wildman–Crippen LogP) is 6.13. The number of benzene rings is 3. The van der Waals surface area contributed by atoms with E-state index >= 15 is 0 Å². The lowest BCUT2D eigenvalue weighted by Crippen LogP contribution is -2.40. The molecule has 0 fully saturated rings. The molecule has 0 saturated heterocycles. The minimum absolute atomic E-state index is 0.172. The molecular weight excluding hydrogens is 474 g/mol. The van der Waals surface area contributed by atoms with E-state index in [0.717, 1.165) is 5.56 Å². The number of nitrogens with zero attached hydrogens (tertiary/aromatic N) is 4. The van der Waals surface area contributed by atoms with Crippen molar-refractivity contribution in [2.45, 2.75) is 39.4 Å². The zero-order valence-electron chi connectivity index (χ0n) is 20.1. The quantitative estimate of drug-likeness (QED) is 0.331. The molecule has 3 aromatic carbocycles. The van der Waals surface area contributed by atoms with Crippen molar-refractivity contribution in [2.24, 2.45) is 0 Å². The monoisotopic (exact) mass is 499 g/mol. The van der Waals surface area contributed by atoms with E-state index in [1.54, 1.807) is 51.9 Å². The summed E-state index contributed by atoms with van der Waals surface area (Å²) in [5.74, 6) is 0.497. The maximum Gasteiger partial charge on any atom is 0.322 e. The van der Waals surface area contributed by atoms with Gasteiger partial charge in [-0.15, -0.1) is 0 Å². The number of halogens is 1. The number of rotatable bonds is 7. The Kier molecular flexibility index (Phi) is 7.67. The van der Waals surface area contributed by atoms with E-state index in [-0.39, 0.29) is 11.6 Å². The molecule has 1 atom stereocenters. The van der Waals surface area contributed by atoms with Gasteiger partial charge in [-0.25, -0.2) is 9.78 Å². The minimum atomic E-state index is -0.500. The number of amides is 2. The molecule has 0 radical (unpaired) electrons. The van der Waals surface area contributed by atoms with Gasteiger partial charge in [0.1, 0.15) is 5.82 Å². The van der Waals surface area contributed by atoms with Crippen molar-refractivity contribution in [1.29, 1.82) is 5.26 Å². The predicted molar refractivity (Wildman–Crippen MR) is 142 cm³/mol. The van der Waals surface area contributed by atoms with Crippen LogP contribution in [0, 0.1) is 11.3 Å². The number of hydrogen-bond donors (Lipinski definition) is 1. The normalized spacial score (nSPS) is 11.6. The molecule has 182 valence electrons. The van der Waals surface area contributed by atoms with Crippen molar-refractivity contribution in [3.05, 3.63) is 105 Å². The topological polar surface area (TPSA) is 91.0 Å². The molecule has 2 amide bonds. The molecule has 1 N–H and O–H groups in total. The van der Waals surface area contributed by atoms with E-state index in [1.165, 1.54) is 0 Å². The first-order chi connectivity index (χ1) is 17.4. The third kappa shape index (κ3) is 5.24. The molecule has 1 aromatic heterocycles. The average molecular weight is 500 g/mol. The Morgan fingerprint density at radius 1 is 1.11 bits per heavy atom. The van der Waals surface area contributed by atoms with Crippen molar-refractivity contribution in [2.75, 3.05) is 5.32 Å². The summed E-state index contributed by atoms with van der Waals surface area (Å²) in [5.41, 5.74) is 2.22. The highest BCUT2D eigenvalue weighted by Gasteiger charge is 2.29. The number of fused-ring (bicyclic) bond motifs is 1. The molecule has 0 aliphatic heterocycles. The maximum absolute atomic E-state index is 13.7. The number of urea groups is 1. The summed E-state index contributed by atoms with van der Waals surface area (Å²) in [6.07, 6.45) is 0.525. The van der Waals surface area contributed by atoms with Crippen LogP contribution in [0.1, 0.15) is 43.3 Å². The fraction of sp³-hybridized carbons (Fsp3) is 0.214. The molecule has 4 aromatic rings. The van der Waals surface area contributed by atoms with Crippen molar-refractivity contribution < 1.29 is 4.79 Å².